The Balaban J connectivity index is 1.78. The highest BCUT2D eigenvalue weighted by Crippen LogP contribution is 2.59. The average Bonchev–Trinajstić information content (AvgIpc) is 3.05. The Morgan fingerprint density at radius 3 is 2.55 bits per heavy atom. The van der Waals surface area contributed by atoms with Gasteiger partial charge in [-0.05, 0) is 85.7 Å². The van der Waals surface area contributed by atoms with Gasteiger partial charge in [-0.2, -0.15) is 0 Å². The van der Waals surface area contributed by atoms with E-state index in [9.17, 15) is 15.3 Å². The average molecular weight is 429 g/mol. The molecule has 0 aliphatic heterocycles. The lowest BCUT2D eigenvalue weighted by atomic mass is 9.61. The van der Waals surface area contributed by atoms with Crippen LogP contribution in [0.3, 0.4) is 0 Å². The summed E-state index contributed by atoms with van der Waals surface area (Å²) in [7, 11) is 0. The minimum Gasteiger partial charge on any atom is -0.393 e. The second kappa shape index (κ2) is 9.37. The van der Waals surface area contributed by atoms with Gasteiger partial charge in [-0.1, -0.05) is 64.2 Å². The van der Waals surface area contributed by atoms with E-state index in [0.717, 1.165) is 17.6 Å². The topological polar surface area (TPSA) is 60.7 Å². The largest absolute Gasteiger partial charge is 0.393 e. The molecule has 0 bridgehead atoms. The lowest BCUT2D eigenvalue weighted by Crippen LogP contribution is -2.36. The molecule has 0 radical (unpaired) electrons. The molecule has 174 valence electrons. The Morgan fingerprint density at radius 1 is 1.16 bits per heavy atom. The number of aliphatic hydroxyl groups excluding tert-OH is 2. The maximum atomic E-state index is 10.6. The number of hydrogen-bond acceptors (Lipinski definition) is 3. The number of hydrogen-bond donors (Lipinski definition) is 3. The van der Waals surface area contributed by atoms with Gasteiger partial charge in [-0.3, -0.25) is 0 Å². The summed E-state index contributed by atoms with van der Waals surface area (Å²) >= 11 is 0. The van der Waals surface area contributed by atoms with Crippen molar-refractivity contribution >= 4 is 0 Å². The summed E-state index contributed by atoms with van der Waals surface area (Å²) in [6.07, 6.45) is 14.6. The Morgan fingerprint density at radius 2 is 1.87 bits per heavy atom. The summed E-state index contributed by atoms with van der Waals surface area (Å²) in [5.74, 6) is 1.87. The maximum absolute atomic E-state index is 10.6. The summed E-state index contributed by atoms with van der Waals surface area (Å²) in [6.45, 7) is 14.9. The lowest BCUT2D eigenvalue weighted by Gasteiger charge is -2.44. The standard InChI is InChI=1S/C28H44O3/c1-18(2)28(6,31)15-13-19(3)24-11-12-25-21(8-7-14-27(24,25)5)9-10-22-16-23(29)17-26(30)20(22)4/h9-10,13,15,18-19,23-26,29-31H,4,7-8,11-12,14,16-17H2,1-3,5-6H3/b15-13+,21-9+,22-10-/t19-,23+,24?,25?,26-,27?,28+/m0/s1. The van der Waals surface area contributed by atoms with Gasteiger partial charge in [0.2, 0.25) is 0 Å². The molecule has 3 aliphatic rings. The van der Waals surface area contributed by atoms with Gasteiger partial charge >= 0.3 is 0 Å². The highest BCUT2D eigenvalue weighted by atomic mass is 16.3. The van der Waals surface area contributed by atoms with Crippen molar-refractivity contribution in [2.75, 3.05) is 0 Å². The molecular weight excluding hydrogens is 384 g/mol. The number of allylic oxidation sites excluding steroid dienone is 4. The lowest BCUT2D eigenvalue weighted by molar-refractivity contribution is 0.0607. The zero-order chi connectivity index (χ0) is 23.0. The number of fused-ring (bicyclic) bond motifs is 1. The predicted molar refractivity (Wildman–Crippen MR) is 128 cm³/mol. The van der Waals surface area contributed by atoms with E-state index in [-0.39, 0.29) is 5.92 Å². The zero-order valence-electron chi connectivity index (χ0n) is 20.3. The fourth-order valence-corrected chi connectivity index (χ4v) is 6.28. The van der Waals surface area contributed by atoms with E-state index in [1.807, 2.05) is 13.0 Å². The van der Waals surface area contributed by atoms with Gasteiger partial charge in [0.25, 0.3) is 0 Å². The van der Waals surface area contributed by atoms with Gasteiger partial charge in [0.1, 0.15) is 0 Å². The first-order valence-corrected chi connectivity index (χ1v) is 12.3. The number of aliphatic hydroxyl groups is 3. The molecular formula is C28H44O3. The van der Waals surface area contributed by atoms with Crippen LogP contribution in [-0.2, 0) is 0 Å². The van der Waals surface area contributed by atoms with Crippen LogP contribution in [0.5, 0.6) is 0 Å². The van der Waals surface area contributed by atoms with Crippen molar-refractivity contribution in [1.82, 2.24) is 0 Å². The van der Waals surface area contributed by atoms with Crippen molar-refractivity contribution in [1.29, 1.82) is 0 Å². The highest BCUT2D eigenvalue weighted by Gasteiger charge is 2.50. The molecule has 7 atom stereocenters. The van der Waals surface area contributed by atoms with Crippen molar-refractivity contribution in [3.63, 3.8) is 0 Å². The molecule has 0 saturated heterocycles. The Kier molecular flexibility index (Phi) is 7.40. The van der Waals surface area contributed by atoms with Crippen LogP contribution in [0.4, 0.5) is 0 Å². The Bertz CT molecular complexity index is 756. The van der Waals surface area contributed by atoms with E-state index in [0.29, 0.717) is 36.0 Å². The first-order chi connectivity index (χ1) is 14.5. The van der Waals surface area contributed by atoms with Crippen molar-refractivity contribution in [2.24, 2.45) is 29.1 Å². The number of rotatable bonds is 5. The summed E-state index contributed by atoms with van der Waals surface area (Å²) in [5.41, 5.74) is 2.82. The van der Waals surface area contributed by atoms with Crippen LogP contribution in [0.15, 0.2) is 47.6 Å². The molecule has 3 fully saturated rings. The molecule has 3 nitrogen and oxygen atoms in total. The Hall–Kier alpha value is -1.16. The maximum Gasteiger partial charge on any atom is 0.0822 e. The van der Waals surface area contributed by atoms with Crippen LogP contribution in [0.2, 0.25) is 0 Å². The fraction of sp³-hybridized carbons (Fsp3) is 0.714. The third-order valence-electron chi connectivity index (χ3n) is 8.84. The smallest absolute Gasteiger partial charge is 0.0822 e. The van der Waals surface area contributed by atoms with Gasteiger partial charge in [-0.25, -0.2) is 0 Å². The van der Waals surface area contributed by atoms with Crippen LogP contribution in [0.25, 0.3) is 0 Å². The van der Waals surface area contributed by atoms with Crippen LogP contribution in [-0.4, -0.2) is 33.1 Å². The predicted octanol–water partition coefficient (Wildman–Crippen LogP) is 5.73. The molecule has 3 aliphatic carbocycles. The quantitative estimate of drug-likeness (QED) is 0.490. The van der Waals surface area contributed by atoms with E-state index in [1.54, 1.807) is 0 Å². The van der Waals surface area contributed by atoms with Crippen LogP contribution in [0.1, 0.15) is 79.6 Å². The van der Waals surface area contributed by atoms with Crippen molar-refractivity contribution < 1.29 is 15.3 Å². The minimum atomic E-state index is -0.755. The molecule has 3 unspecified atom stereocenters. The molecule has 0 aromatic heterocycles. The van der Waals surface area contributed by atoms with Gasteiger partial charge in [0.05, 0.1) is 17.8 Å². The summed E-state index contributed by atoms with van der Waals surface area (Å²) in [6, 6.07) is 0. The second-order valence-electron chi connectivity index (χ2n) is 11.3. The normalized spacial score (nSPS) is 40.0. The van der Waals surface area contributed by atoms with E-state index in [2.05, 4.69) is 52.5 Å². The van der Waals surface area contributed by atoms with E-state index < -0.39 is 17.8 Å². The highest BCUT2D eigenvalue weighted by molar-refractivity contribution is 5.38. The molecule has 3 N–H and O–H groups in total. The third-order valence-corrected chi connectivity index (χ3v) is 8.84. The molecule has 0 spiro atoms. The van der Waals surface area contributed by atoms with Gasteiger partial charge in [0.15, 0.2) is 0 Å². The molecule has 3 heteroatoms. The summed E-state index contributed by atoms with van der Waals surface area (Å²) in [5, 5.41) is 30.8. The van der Waals surface area contributed by atoms with Crippen LogP contribution in [0, 0.1) is 29.1 Å². The van der Waals surface area contributed by atoms with Crippen molar-refractivity contribution in [3.8, 4) is 0 Å². The fourth-order valence-electron chi connectivity index (χ4n) is 6.28. The molecule has 0 heterocycles. The Labute approximate surface area is 189 Å². The first kappa shape index (κ1) is 24.5. The van der Waals surface area contributed by atoms with Crippen LogP contribution < -0.4 is 0 Å². The molecule has 0 aromatic carbocycles. The van der Waals surface area contributed by atoms with E-state index in [4.69, 9.17) is 0 Å². The molecule has 31 heavy (non-hydrogen) atoms. The zero-order valence-corrected chi connectivity index (χ0v) is 20.3. The van der Waals surface area contributed by atoms with Crippen LogP contribution >= 0.6 is 0 Å². The van der Waals surface area contributed by atoms with E-state index in [1.165, 1.54) is 31.3 Å². The third kappa shape index (κ3) is 5.10. The SMILES string of the molecule is C=C1/C(=C\C=C2/CCCC3(C)C2CCC3[C@@H](C)/C=C/[C@@](C)(O)C(C)C)C[C@@H](O)C[C@@H]1O. The monoisotopic (exact) mass is 428 g/mol. The molecule has 0 aromatic rings. The molecule has 0 amide bonds. The van der Waals surface area contributed by atoms with Gasteiger partial charge in [-0.15, -0.1) is 0 Å². The summed E-state index contributed by atoms with van der Waals surface area (Å²) in [4.78, 5) is 0. The molecule has 3 saturated carbocycles. The summed E-state index contributed by atoms with van der Waals surface area (Å²) < 4.78 is 0. The molecule has 3 rings (SSSR count). The minimum absolute atomic E-state index is 0.201. The van der Waals surface area contributed by atoms with Crippen molar-refractivity contribution in [3.05, 3.63) is 47.6 Å². The van der Waals surface area contributed by atoms with E-state index >= 15 is 0 Å². The second-order valence-corrected chi connectivity index (χ2v) is 11.3. The van der Waals surface area contributed by atoms with Gasteiger partial charge < -0.3 is 15.3 Å². The first-order valence-electron chi connectivity index (χ1n) is 12.3. The van der Waals surface area contributed by atoms with Crippen molar-refractivity contribution in [2.45, 2.75) is 97.4 Å². The van der Waals surface area contributed by atoms with Gasteiger partial charge in [0, 0.05) is 6.42 Å².